The summed E-state index contributed by atoms with van der Waals surface area (Å²) in [6, 6.07) is 7.50. The third kappa shape index (κ3) is 4.07. The first-order chi connectivity index (χ1) is 12.0. The maximum atomic E-state index is 13.0. The zero-order valence-electron chi connectivity index (χ0n) is 14.1. The molecule has 0 radical (unpaired) electrons. The van der Waals surface area contributed by atoms with Crippen molar-refractivity contribution < 1.29 is 18.4 Å². The first kappa shape index (κ1) is 17.2. The minimum absolute atomic E-state index is 0.0819. The van der Waals surface area contributed by atoms with E-state index in [0.717, 1.165) is 18.4 Å². The van der Waals surface area contributed by atoms with E-state index in [4.69, 9.17) is 4.42 Å². The Kier molecular flexibility index (Phi) is 5.16. The second-order valence-corrected chi connectivity index (χ2v) is 6.38. The number of hydrogen-bond acceptors (Lipinski definition) is 3. The van der Waals surface area contributed by atoms with Crippen molar-refractivity contribution in [2.75, 3.05) is 13.1 Å². The van der Waals surface area contributed by atoms with E-state index >= 15 is 0 Å². The number of halogens is 1. The number of amides is 2. The van der Waals surface area contributed by atoms with Crippen LogP contribution in [0.3, 0.4) is 0 Å². The molecule has 0 spiro atoms. The average molecular weight is 344 g/mol. The van der Waals surface area contributed by atoms with Crippen LogP contribution < -0.4 is 5.32 Å². The molecular formula is C19H21FN2O3. The standard InChI is InChI=1S/C19H21FN2O3/c1-13(14-4-6-17(20)7-5-14)21-18(23)15-3-2-9-22(11-15)19(24)16-8-10-25-12-16/h4-8,10,12-13,15H,2-3,9,11H2,1H3,(H,21,23)/t13-,15-/m1/s1. The van der Waals surface area contributed by atoms with Crippen LogP contribution in [0.2, 0.25) is 0 Å². The molecule has 1 aliphatic rings. The number of carbonyl (C=O) groups is 2. The van der Waals surface area contributed by atoms with Gasteiger partial charge >= 0.3 is 0 Å². The van der Waals surface area contributed by atoms with Gasteiger partial charge < -0.3 is 14.6 Å². The summed E-state index contributed by atoms with van der Waals surface area (Å²) in [5.41, 5.74) is 1.35. The number of likely N-dealkylation sites (tertiary alicyclic amines) is 1. The fourth-order valence-corrected chi connectivity index (χ4v) is 3.11. The highest BCUT2D eigenvalue weighted by molar-refractivity contribution is 5.94. The van der Waals surface area contributed by atoms with Crippen LogP contribution in [-0.4, -0.2) is 29.8 Å². The number of carbonyl (C=O) groups excluding carboxylic acids is 2. The van der Waals surface area contributed by atoms with E-state index in [9.17, 15) is 14.0 Å². The van der Waals surface area contributed by atoms with Gasteiger partial charge in [0.25, 0.3) is 5.91 Å². The Morgan fingerprint density at radius 2 is 2.04 bits per heavy atom. The zero-order valence-corrected chi connectivity index (χ0v) is 14.1. The Morgan fingerprint density at radius 3 is 2.72 bits per heavy atom. The molecule has 0 unspecified atom stereocenters. The van der Waals surface area contributed by atoms with Crippen LogP contribution >= 0.6 is 0 Å². The third-order valence-electron chi connectivity index (χ3n) is 4.58. The van der Waals surface area contributed by atoms with Gasteiger partial charge in [-0.05, 0) is 43.5 Å². The minimum atomic E-state index is -0.303. The van der Waals surface area contributed by atoms with E-state index in [0.29, 0.717) is 18.7 Å². The summed E-state index contributed by atoms with van der Waals surface area (Å²) in [6.07, 6.45) is 4.41. The van der Waals surface area contributed by atoms with Gasteiger partial charge in [-0.3, -0.25) is 9.59 Å². The molecule has 2 heterocycles. The van der Waals surface area contributed by atoms with Crippen molar-refractivity contribution in [2.24, 2.45) is 5.92 Å². The van der Waals surface area contributed by atoms with Crippen molar-refractivity contribution in [3.8, 4) is 0 Å². The monoisotopic (exact) mass is 344 g/mol. The quantitative estimate of drug-likeness (QED) is 0.927. The van der Waals surface area contributed by atoms with Crippen molar-refractivity contribution in [1.82, 2.24) is 10.2 Å². The summed E-state index contributed by atoms with van der Waals surface area (Å²) in [7, 11) is 0. The van der Waals surface area contributed by atoms with Crippen molar-refractivity contribution in [1.29, 1.82) is 0 Å². The van der Waals surface area contributed by atoms with Gasteiger partial charge in [-0.2, -0.15) is 0 Å². The van der Waals surface area contributed by atoms with E-state index < -0.39 is 0 Å². The van der Waals surface area contributed by atoms with E-state index in [1.165, 1.54) is 24.7 Å². The van der Waals surface area contributed by atoms with Gasteiger partial charge in [0.15, 0.2) is 0 Å². The van der Waals surface area contributed by atoms with E-state index in [1.54, 1.807) is 23.1 Å². The molecule has 5 nitrogen and oxygen atoms in total. The van der Waals surface area contributed by atoms with Crippen LogP contribution in [0.15, 0.2) is 47.3 Å². The van der Waals surface area contributed by atoms with Crippen molar-refractivity contribution in [2.45, 2.75) is 25.8 Å². The molecule has 1 aliphatic heterocycles. The Balaban J connectivity index is 1.60. The van der Waals surface area contributed by atoms with Crippen LogP contribution in [-0.2, 0) is 4.79 Å². The van der Waals surface area contributed by atoms with Gasteiger partial charge in [-0.15, -0.1) is 0 Å². The molecular weight excluding hydrogens is 323 g/mol. The van der Waals surface area contributed by atoms with Crippen molar-refractivity contribution in [3.05, 3.63) is 59.8 Å². The van der Waals surface area contributed by atoms with Crippen LogP contribution in [0.25, 0.3) is 0 Å². The minimum Gasteiger partial charge on any atom is -0.472 e. The number of nitrogens with one attached hydrogen (secondary N) is 1. The lowest BCUT2D eigenvalue weighted by Crippen LogP contribution is -2.45. The molecule has 1 N–H and O–H groups in total. The van der Waals surface area contributed by atoms with Crippen LogP contribution in [0.1, 0.15) is 41.7 Å². The maximum Gasteiger partial charge on any atom is 0.257 e. The van der Waals surface area contributed by atoms with Gasteiger partial charge in [-0.25, -0.2) is 4.39 Å². The Morgan fingerprint density at radius 1 is 1.28 bits per heavy atom. The number of benzene rings is 1. The molecule has 2 amide bonds. The summed E-state index contributed by atoms with van der Waals surface area (Å²) in [5, 5.41) is 2.96. The topological polar surface area (TPSA) is 62.6 Å². The van der Waals surface area contributed by atoms with E-state index in [-0.39, 0.29) is 29.6 Å². The molecule has 3 rings (SSSR count). The number of piperidine rings is 1. The van der Waals surface area contributed by atoms with E-state index in [2.05, 4.69) is 5.32 Å². The van der Waals surface area contributed by atoms with Gasteiger partial charge in [0.1, 0.15) is 12.1 Å². The molecule has 1 aromatic heterocycles. The lowest BCUT2D eigenvalue weighted by molar-refractivity contribution is -0.127. The fraction of sp³-hybridized carbons (Fsp3) is 0.368. The number of rotatable bonds is 4. The Bertz CT molecular complexity index is 728. The van der Waals surface area contributed by atoms with Crippen LogP contribution in [0.5, 0.6) is 0 Å². The maximum absolute atomic E-state index is 13.0. The molecule has 25 heavy (non-hydrogen) atoms. The molecule has 2 aromatic rings. The molecule has 0 bridgehead atoms. The molecule has 1 aromatic carbocycles. The number of nitrogens with zero attached hydrogens (tertiary/aromatic N) is 1. The van der Waals surface area contributed by atoms with Crippen LogP contribution in [0.4, 0.5) is 4.39 Å². The Labute approximate surface area is 145 Å². The van der Waals surface area contributed by atoms with E-state index in [1.807, 2.05) is 6.92 Å². The van der Waals surface area contributed by atoms with Gasteiger partial charge in [-0.1, -0.05) is 12.1 Å². The molecule has 1 fully saturated rings. The smallest absolute Gasteiger partial charge is 0.257 e. The lowest BCUT2D eigenvalue weighted by atomic mass is 9.96. The molecule has 0 aliphatic carbocycles. The molecule has 2 atom stereocenters. The summed E-state index contributed by atoms with van der Waals surface area (Å²) in [6.45, 7) is 2.90. The summed E-state index contributed by atoms with van der Waals surface area (Å²) >= 11 is 0. The fourth-order valence-electron chi connectivity index (χ4n) is 3.11. The predicted molar refractivity (Wildman–Crippen MR) is 90.3 cm³/mol. The highest BCUT2D eigenvalue weighted by atomic mass is 19.1. The summed E-state index contributed by atoms with van der Waals surface area (Å²) in [5.74, 6) is -0.741. The van der Waals surface area contributed by atoms with Gasteiger partial charge in [0.05, 0.1) is 23.8 Å². The normalized spacial score (nSPS) is 18.6. The largest absolute Gasteiger partial charge is 0.472 e. The highest BCUT2D eigenvalue weighted by Crippen LogP contribution is 2.21. The number of hydrogen-bond donors (Lipinski definition) is 1. The van der Waals surface area contributed by atoms with Crippen LogP contribution in [0, 0.1) is 11.7 Å². The zero-order chi connectivity index (χ0) is 17.8. The average Bonchev–Trinajstić information content (AvgIpc) is 3.16. The third-order valence-corrected chi connectivity index (χ3v) is 4.58. The summed E-state index contributed by atoms with van der Waals surface area (Å²) < 4.78 is 18.0. The van der Waals surface area contributed by atoms with Crippen molar-refractivity contribution >= 4 is 11.8 Å². The van der Waals surface area contributed by atoms with Crippen molar-refractivity contribution in [3.63, 3.8) is 0 Å². The second kappa shape index (κ2) is 7.51. The SMILES string of the molecule is C[C@@H](NC(=O)[C@@H]1CCCN(C(=O)c2ccoc2)C1)c1ccc(F)cc1. The lowest BCUT2D eigenvalue weighted by Gasteiger charge is -2.32. The first-order valence-corrected chi connectivity index (χ1v) is 8.42. The highest BCUT2D eigenvalue weighted by Gasteiger charge is 2.29. The predicted octanol–water partition coefficient (Wildman–Crippen LogP) is 3.15. The molecule has 1 saturated heterocycles. The Hall–Kier alpha value is -2.63. The van der Waals surface area contributed by atoms with Gasteiger partial charge in [0, 0.05) is 13.1 Å². The molecule has 132 valence electrons. The molecule has 0 saturated carbocycles. The summed E-state index contributed by atoms with van der Waals surface area (Å²) in [4.78, 5) is 26.7. The first-order valence-electron chi connectivity index (χ1n) is 8.42. The number of furan rings is 1. The second-order valence-electron chi connectivity index (χ2n) is 6.38. The molecule has 6 heteroatoms. The van der Waals surface area contributed by atoms with Gasteiger partial charge in [0.2, 0.25) is 5.91 Å².